The first-order chi connectivity index (χ1) is 8.31. The molecule has 1 N–H and O–H groups in total. The molecule has 0 aliphatic carbocycles. The number of nitrogens with one attached hydrogen (secondary N) is 1. The van der Waals surface area contributed by atoms with Crippen LogP contribution < -0.4 is 5.32 Å². The standard InChI is InChI=1S/C14H19N3/c1-12-5-3-6-13(11-12)14-16-8-10-17(14)9-4-7-15-2/h3,5-6,8,10-11,15H,4,7,9H2,1-2H3. The van der Waals surface area contributed by atoms with Crippen LogP contribution in [-0.4, -0.2) is 23.1 Å². The van der Waals surface area contributed by atoms with E-state index in [1.165, 1.54) is 11.1 Å². The van der Waals surface area contributed by atoms with Crippen molar-refractivity contribution < 1.29 is 0 Å². The van der Waals surface area contributed by atoms with E-state index in [1.54, 1.807) is 0 Å². The molecule has 0 unspecified atom stereocenters. The number of aryl methyl sites for hydroxylation is 2. The number of imidazole rings is 1. The van der Waals surface area contributed by atoms with Crippen LogP contribution in [0.5, 0.6) is 0 Å². The van der Waals surface area contributed by atoms with Crippen LogP contribution in [0, 0.1) is 6.92 Å². The van der Waals surface area contributed by atoms with Crippen LogP contribution in [0.3, 0.4) is 0 Å². The van der Waals surface area contributed by atoms with Crippen molar-refractivity contribution in [2.75, 3.05) is 13.6 Å². The summed E-state index contributed by atoms with van der Waals surface area (Å²) in [5, 5.41) is 3.16. The summed E-state index contributed by atoms with van der Waals surface area (Å²) in [6.07, 6.45) is 5.04. The van der Waals surface area contributed by atoms with E-state index in [2.05, 4.69) is 46.1 Å². The van der Waals surface area contributed by atoms with Crippen molar-refractivity contribution in [3.63, 3.8) is 0 Å². The minimum Gasteiger partial charge on any atom is -0.331 e. The van der Waals surface area contributed by atoms with Crippen LogP contribution in [0.25, 0.3) is 11.4 Å². The second-order valence-electron chi connectivity index (χ2n) is 4.27. The van der Waals surface area contributed by atoms with Crippen molar-refractivity contribution >= 4 is 0 Å². The predicted octanol–water partition coefficient (Wildman–Crippen LogP) is 2.47. The van der Waals surface area contributed by atoms with Gasteiger partial charge in [0.25, 0.3) is 0 Å². The topological polar surface area (TPSA) is 29.9 Å². The largest absolute Gasteiger partial charge is 0.331 e. The van der Waals surface area contributed by atoms with E-state index in [9.17, 15) is 0 Å². The van der Waals surface area contributed by atoms with Crippen molar-refractivity contribution in [1.82, 2.24) is 14.9 Å². The Morgan fingerprint density at radius 1 is 1.35 bits per heavy atom. The highest BCUT2D eigenvalue weighted by molar-refractivity contribution is 5.56. The Morgan fingerprint density at radius 2 is 2.24 bits per heavy atom. The summed E-state index contributed by atoms with van der Waals surface area (Å²) in [5.74, 6) is 1.06. The van der Waals surface area contributed by atoms with E-state index < -0.39 is 0 Å². The highest BCUT2D eigenvalue weighted by atomic mass is 15.1. The van der Waals surface area contributed by atoms with Gasteiger partial charge in [-0.05, 0) is 33.0 Å². The molecule has 2 rings (SSSR count). The van der Waals surface area contributed by atoms with Gasteiger partial charge in [-0.2, -0.15) is 0 Å². The van der Waals surface area contributed by atoms with Crippen LogP contribution >= 0.6 is 0 Å². The second kappa shape index (κ2) is 5.64. The molecule has 0 saturated heterocycles. The third-order valence-corrected chi connectivity index (χ3v) is 2.82. The summed E-state index contributed by atoms with van der Waals surface area (Å²) in [6.45, 7) is 4.15. The number of aromatic nitrogens is 2. The molecule has 0 radical (unpaired) electrons. The Morgan fingerprint density at radius 3 is 3.00 bits per heavy atom. The lowest BCUT2D eigenvalue weighted by Crippen LogP contribution is -2.11. The molecule has 0 bridgehead atoms. The normalized spacial score (nSPS) is 10.7. The highest BCUT2D eigenvalue weighted by Crippen LogP contribution is 2.18. The zero-order valence-corrected chi connectivity index (χ0v) is 10.5. The third kappa shape index (κ3) is 2.94. The second-order valence-corrected chi connectivity index (χ2v) is 4.27. The Hall–Kier alpha value is -1.61. The van der Waals surface area contributed by atoms with Crippen LogP contribution in [0.2, 0.25) is 0 Å². The Balaban J connectivity index is 2.18. The average molecular weight is 229 g/mol. The van der Waals surface area contributed by atoms with E-state index in [0.717, 1.165) is 25.3 Å². The van der Waals surface area contributed by atoms with Crippen LogP contribution in [-0.2, 0) is 6.54 Å². The van der Waals surface area contributed by atoms with Crippen LogP contribution in [0.1, 0.15) is 12.0 Å². The molecule has 0 aliphatic rings. The summed E-state index contributed by atoms with van der Waals surface area (Å²) in [6, 6.07) is 8.48. The summed E-state index contributed by atoms with van der Waals surface area (Å²) in [7, 11) is 1.98. The van der Waals surface area contributed by atoms with Gasteiger partial charge in [0.05, 0.1) is 0 Å². The van der Waals surface area contributed by atoms with E-state index in [4.69, 9.17) is 0 Å². The van der Waals surface area contributed by atoms with Crippen molar-refractivity contribution in [1.29, 1.82) is 0 Å². The fraction of sp³-hybridized carbons (Fsp3) is 0.357. The minimum absolute atomic E-state index is 1.00. The third-order valence-electron chi connectivity index (χ3n) is 2.82. The first-order valence-electron chi connectivity index (χ1n) is 6.04. The maximum atomic E-state index is 4.45. The molecule has 0 atom stereocenters. The van der Waals surface area contributed by atoms with Gasteiger partial charge in [-0.3, -0.25) is 0 Å². The molecule has 0 saturated carbocycles. The summed E-state index contributed by atoms with van der Waals surface area (Å²) in [5.41, 5.74) is 2.46. The molecule has 90 valence electrons. The number of hydrogen-bond acceptors (Lipinski definition) is 2. The maximum Gasteiger partial charge on any atom is 0.139 e. The fourth-order valence-electron chi connectivity index (χ4n) is 1.96. The smallest absolute Gasteiger partial charge is 0.139 e. The number of rotatable bonds is 5. The number of nitrogens with zero attached hydrogens (tertiary/aromatic N) is 2. The van der Waals surface area contributed by atoms with Crippen molar-refractivity contribution in [3.05, 3.63) is 42.2 Å². The molecule has 3 heteroatoms. The molecule has 1 aromatic heterocycles. The summed E-state index contributed by atoms with van der Waals surface area (Å²) < 4.78 is 2.21. The quantitative estimate of drug-likeness (QED) is 0.798. The Labute approximate surface area is 103 Å². The first kappa shape index (κ1) is 11.9. The molecule has 3 nitrogen and oxygen atoms in total. The van der Waals surface area contributed by atoms with Gasteiger partial charge in [-0.25, -0.2) is 4.98 Å². The molecule has 0 amide bonds. The lowest BCUT2D eigenvalue weighted by atomic mass is 10.1. The molecule has 1 heterocycles. The van der Waals surface area contributed by atoms with Gasteiger partial charge in [-0.15, -0.1) is 0 Å². The lowest BCUT2D eigenvalue weighted by molar-refractivity contribution is 0.617. The van der Waals surface area contributed by atoms with Crippen molar-refractivity contribution in [2.45, 2.75) is 19.9 Å². The van der Waals surface area contributed by atoms with Crippen LogP contribution in [0.15, 0.2) is 36.7 Å². The molecule has 0 fully saturated rings. The average Bonchev–Trinajstić information content (AvgIpc) is 2.78. The van der Waals surface area contributed by atoms with Gasteiger partial charge in [0.15, 0.2) is 0 Å². The van der Waals surface area contributed by atoms with Crippen molar-refractivity contribution in [2.24, 2.45) is 0 Å². The van der Waals surface area contributed by atoms with E-state index in [0.29, 0.717) is 0 Å². The van der Waals surface area contributed by atoms with Gasteiger partial charge in [-0.1, -0.05) is 23.8 Å². The predicted molar refractivity (Wildman–Crippen MR) is 70.9 cm³/mol. The van der Waals surface area contributed by atoms with Crippen LogP contribution in [0.4, 0.5) is 0 Å². The SMILES string of the molecule is CNCCCn1ccnc1-c1cccc(C)c1. The molecule has 17 heavy (non-hydrogen) atoms. The lowest BCUT2D eigenvalue weighted by Gasteiger charge is -2.08. The van der Waals surface area contributed by atoms with Gasteiger partial charge < -0.3 is 9.88 Å². The Kier molecular flexibility index (Phi) is 3.94. The maximum absolute atomic E-state index is 4.45. The molecular weight excluding hydrogens is 210 g/mol. The summed E-state index contributed by atoms with van der Waals surface area (Å²) >= 11 is 0. The Bertz CT molecular complexity index is 474. The van der Waals surface area contributed by atoms with Crippen molar-refractivity contribution in [3.8, 4) is 11.4 Å². The van der Waals surface area contributed by atoms with E-state index >= 15 is 0 Å². The number of hydrogen-bond donors (Lipinski definition) is 1. The van der Waals surface area contributed by atoms with Gasteiger partial charge in [0.1, 0.15) is 5.82 Å². The monoisotopic (exact) mass is 229 g/mol. The summed E-state index contributed by atoms with van der Waals surface area (Å²) in [4.78, 5) is 4.45. The number of benzene rings is 1. The molecular formula is C14H19N3. The minimum atomic E-state index is 1.00. The molecule has 0 spiro atoms. The zero-order valence-electron chi connectivity index (χ0n) is 10.5. The highest BCUT2D eigenvalue weighted by Gasteiger charge is 2.05. The van der Waals surface area contributed by atoms with E-state index in [-0.39, 0.29) is 0 Å². The van der Waals surface area contributed by atoms with Gasteiger partial charge in [0.2, 0.25) is 0 Å². The van der Waals surface area contributed by atoms with Gasteiger partial charge in [0, 0.05) is 24.5 Å². The zero-order chi connectivity index (χ0) is 12.1. The molecule has 1 aromatic carbocycles. The molecule has 2 aromatic rings. The van der Waals surface area contributed by atoms with E-state index in [1.807, 2.05) is 19.4 Å². The molecule has 0 aliphatic heterocycles. The van der Waals surface area contributed by atoms with Gasteiger partial charge >= 0.3 is 0 Å². The fourth-order valence-corrected chi connectivity index (χ4v) is 1.96. The first-order valence-corrected chi connectivity index (χ1v) is 6.04.